The topological polar surface area (TPSA) is 70.6 Å². The quantitative estimate of drug-likeness (QED) is 0.525. The maximum absolute atomic E-state index is 12.8. The molecule has 1 heterocycles. The van der Waals surface area contributed by atoms with Crippen LogP contribution in [0.3, 0.4) is 0 Å². The molecule has 0 saturated heterocycles. The molecule has 4 rings (SSSR count). The SMILES string of the molecule is COCCCNC(=O)c1cccc2c1NC(c1ccc(O)cc1)C1CC=CC21. The number of hydrogen-bond donors (Lipinski definition) is 3. The van der Waals surface area contributed by atoms with Gasteiger partial charge in [0.25, 0.3) is 5.91 Å². The molecule has 1 aliphatic carbocycles. The molecule has 0 fully saturated rings. The number of para-hydroxylation sites is 1. The van der Waals surface area contributed by atoms with Crippen LogP contribution in [0.4, 0.5) is 5.69 Å². The Kier molecular flexibility index (Phi) is 5.35. The first kappa shape index (κ1) is 18.6. The molecule has 0 aromatic heterocycles. The van der Waals surface area contributed by atoms with E-state index < -0.39 is 0 Å². The van der Waals surface area contributed by atoms with Gasteiger partial charge in [-0.15, -0.1) is 0 Å². The highest BCUT2D eigenvalue weighted by atomic mass is 16.5. The summed E-state index contributed by atoms with van der Waals surface area (Å²) in [5.74, 6) is 0.885. The number of amides is 1. The number of phenols is 1. The van der Waals surface area contributed by atoms with Crippen LogP contribution < -0.4 is 10.6 Å². The minimum atomic E-state index is -0.0645. The summed E-state index contributed by atoms with van der Waals surface area (Å²) in [5.41, 5.74) is 3.89. The van der Waals surface area contributed by atoms with E-state index in [1.807, 2.05) is 24.3 Å². The molecule has 0 radical (unpaired) electrons. The van der Waals surface area contributed by atoms with Crippen molar-refractivity contribution in [1.82, 2.24) is 5.32 Å². The number of fused-ring (bicyclic) bond motifs is 3. The van der Waals surface area contributed by atoms with Crippen LogP contribution in [0.1, 0.15) is 46.3 Å². The fraction of sp³-hybridized carbons (Fsp3) is 0.348. The largest absolute Gasteiger partial charge is 0.508 e. The third-order valence-corrected chi connectivity index (χ3v) is 5.70. The van der Waals surface area contributed by atoms with Gasteiger partial charge in [0.2, 0.25) is 0 Å². The summed E-state index contributed by atoms with van der Waals surface area (Å²) in [6.45, 7) is 1.21. The predicted molar refractivity (Wildman–Crippen MR) is 110 cm³/mol. The van der Waals surface area contributed by atoms with Gasteiger partial charge in [-0.3, -0.25) is 4.79 Å². The summed E-state index contributed by atoms with van der Waals surface area (Å²) in [7, 11) is 1.66. The maximum atomic E-state index is 12.8. The highest BCUT2D eigenvalue weighted by Gasteiger charge is 2.39. The zero-order valence-corrected chi connectivity index (χ0v) is 16.0. The number of allylic oxidation sites excluding steroid dienone is 2. The average molecular weight is 378 g/mol. The Bertz CT molecular complexity index is 876. The van der Waals surface area contributed by atoms with E-state index >= 15 is 0 Å². The minimum Gasteiger partial charge on any atom is -0.508 e. The van der Waals surface area contributed by atoms with Crippen LogP contribution in [-0.4, -0.2) is 31.3 Å². The van der Waals surface area contributed by atoms with Gasteiger partial charge in [-0.1, -0.05) is 36.4 Å². The fourth-order valence-electron chi connectivity index (χ4n) is 4.34. The average Bonchev–Trinajstić information content (AvgIpc) is 3.21. The van der Waals surface area contributed by atoms with Crippen molar-refractivity contribution >= 4 is 11.6 Å². The summed E-state index contributed by atoms with van der Waals surface area (Å²) in [6, 6.07) is 13.4. The van der Waals surface area contributed by atoms with Gasteiger partial charge < -0.3 is 20.5 Å². The standard InChI is InChI=1S/C23H26N2O3/c1-28-14-4-13-24-23(27)20-8-3-7-19-17-5-2-6-18(17)21(25-22(19)20)15-9-11-16(26)12-10-15/h2-3,5,7-12,17-18,21,25-26H,4,6,13-14H2,1H3,(H,24,27). The van der Waals surface area contributed by atoms with Crippen LogP contribution in [0.15, 0.2) is 54.6 Å². The van der Waals surface area contributed by atoms with Gasteiger partial charge >= 0.3 is 0 Å². The van der Waals surface area contributed by atoms with E-state index in [0.717, 1.165) is 24.1 Å². The first-order valence-corrected chi connectivity index (χ1v) is 9.81. The molecule has 0 saturated carbocycles. The molecule has 2 aliphatic rings. The van der Waals surface area contributed by atoms with Crippen LogP contribution in [0.5, 0.6) is 5.75 Å². The van der Waals surface area contributed by atoms with Gasteiger partial charge in [-0.2, -0.15) is 0 Å². The van der Waals surface area contributed by atoms with E-state index in [9.17, 15) is 9.90 Å². The number of nitrogens with one attached hydrogen (secondary N) is 2. The number of phenolic OH excluding ortho intramolecular Hbond substituents is 1. The third-order valence-electron chi connectivity index (χ3n) is 5.70. The molecule has 5 nitrogen and oxygen atoms in total. The molecule has 2 aromatic carbocycles. The van der Waals surface area contributed by atoms with E-state index in [4.69, 9.17) is 4.74 Å². The molecule has 1 aliphatic heterocycles. The van der Waals surface area contributed by atoms with Crippen molar-refractivity contribution in [3.8, 4) is 5.75 Å². The Morgan fingerprint density at radius 3 is 2.86 bits per heavy atom. The summed E-state index contributed by atoms with van der Waals surface area (Å²) in [4.78, 5) is 12.8. The Morgan fingerprint density at radius 1 is 1.25 bits per heavy atom. The number of ether oxygens (including phenoxy) is 1. The van der Waals surface area contributed by atoms with Gasteiger partial charge in [-0.05, 0) is 48.1 Å². The number of hydrogen-bond acceptors (Lipinski definition) is 4. The zero-order chi connectivity index (χ0) is 19.5. The minimum absolute atomic E-state index is 0.0645. The molecule has 3 atom stereocenters. The number of anilines is 1. The second kappa shape index (κ2) is 8.07. The van der Waals surface area contributed by atoms with Crippen molar-refractivity contribution in [2.24, 2.45) is 5.92 Å². The molecule has 146 valence electrons. The summed E-state index contributed by atoms with van der Waals surface area (Å²) >= 11 is 0. The van der Waals surface area contributed by atoms with Gasteiger partial charge in [0.05, 0.1) is 17.3 Å². The normalized spacial score (nSPS) is 22.2. The first-order chi connectivity index (χ1) is 13.7. The Hall–Kier alpha value is -2.79. The predicted octanol–water partition coefficient (Wildman–Crippen LogP) is 3.99. The molecule has 3 unspecified atom stereocenters. The highest BCUT2D eigenvalue weighted by Crippen LogP contribution is 2.50. The zero-order valence-electron chi connectivity index (χ0n) is 16.0. The lowest BCUT2D eigenvalue weighted by atomic mass is 9.76. The third kappa shape index (κ3) is 3.50. The number of carbonyl (C=O) groups excluding carboxylic acids is 1. The summed E-state index contributed by atoms with van der Waals surface area (Å²) in [6.07, 6.45) is 6.28. The van der Waals surface area contributed by atoms with E-state index in [-0.39, 0.29) is 23.6 Å². The van der Waals surface area contributed by atoms with E-state index in [2.05, 4.69) is 28.9 Å². The van der Waals surface area contributed by atoms with Crippen LogP contribution in [-0.2, 0) is 4.74 Å². The van der Waals surface area contributed by atoms with Crippen LogP contribution in [0, 0.1) is 5.92 Å². The van der Waals surface area contributed by atoms with E-state index in [1.54, 1.807) is 19.2 Å². The lowest BCUT2D eigenvalue weighted by Gasteiger charge is -2.38. The number of rotatable bonds is 6. The number of methoxy groups -OCH3 is 1. The molecule has 0 spiro atoms. The molecule has 5 heteroatoms. The number of carbonyl (C=O) groups is 1. The highest BCUT2D eigenvalue weighted by molar-refractivity contribution is 6.00. The van der Waals surface area contributed by atoms with Crippen LogP contribution in [0.25, 0.3) is 0 Å². The van der Waals surface area contributed by atoms with Crippen LogP contribution >= 0.6 is 0 Å². The van der Waals surface area contributed by atoms with Crippen molar-refractivity contribution in [3.05, 3.63) is 71.3 Å². The molecule has 3 N–H and O–H groups in total. The second-order valence-corrected chi connectivity index (χ2v) is 7.44. The van der Waals surface area contributed by atoms with E-state index in [0.29, 0.717) is 24.6 Å². The lowest BCUT2D eigenvalue weighted by molar-refractivity contribution is 0.0949. The van der Waals surface area contributed by atoms with Gasteiger partial charge in [0.15, 0.2) is 0 Å². The number of benzene rings is 2. The van der Waals surface area contributed by atoms with Gasteiger partial charge in [0.1, 0.15) is 5.75 Å². The molecule has 28 heavy (non-hydrogen) atoms. The Morgan fingerprint density at radius 2 is 2.07 bits per heavy atom. The van der Waals surface area contributed by atoms with Crippen molar-refractivity contribution in [2.45, 2.75) is 24.8 Å². The molecule has 0 bridgehead atoms. The fourth-order valence-corrected chi connectivity index (χ4v) is 4.34. The van der Waals surface area contributed by atoms with Gasteiger partial charge in [0, 0.05) is 26.2 Å². The first-order valence-electron chi connectivity index (χ1n) is 9.81. The smallest absolute Gasteiger partial charge is 0.253 e. The Balaban J connectivity index is 1.64. The van der Waals surface area contributed by atoms with E-state index in [1.165, 1.54) is 5.56 Å². The van der Waals surface area contributed by atoms with Crippen molar-refractivity contribution in [3.63, 3.8) is 0 Å². The van der Waals surface area contributed by atoms with Crippen LogP contribution in [0.2, 0.25) is 0 Å². The monoisotopic (exact) mass is 378 g/mol. The molecular formula is C23H26N2O3. The summed E-state index contributed by atoms with van der Waals surface area (Å²) < 4.78 is 5.05. The second-order valence-electron chi connectivity index (χ2n) is 7.44. The molecule has 2 aromatic rings. The maximum Gasteiger partial charge on any atom is 0.253 e. The van der Waals surface area contributed by atoms with Gasteiger partial charge in [-0.25, -0.2) is 0 Å². The Labute approximate surface area is 165 Å². The van der Waals surface area contributed by atoms with Crippen molar-refractivity contribution < 1.29 is 14.6 Å². The molecular weight excluding hydrogens is 352 g/mol. The van der Waals surface area contributed by atoms with Crippen molar-refractivity contribution in [2.75, 3.05) is 25.6 Å². The lowest BCUT2D eigenvalue weighted by Crippen LogP contribution is -2.32. The summed E-state index contributed by atoms with van der Waals surface area (Å²) in [5, 5.41) is 16.3. The van der Waals surface area contributed by atoms with Crippen molar-refractivity contribution in [1.29, 1.82) is 0 Å². The molecule has 1 amide bonds. The number of aromatic hydroxyl groups is 1.